The van der Waals surface area contributed by atoms with Crippen molar-refractivity contribution >= 4 is 11.8 Å². The number of ether oxygens (including phenoxy) is 10. The van der Waals surface area contributed by atoms with Crippen molar-refractivity contribution in [3.8, 4) is 5.69 Å². The lowest BCUT2D eigenvalue weighted by Crippen LogP contribution is -2.62. The third kappa shape index (κ3) is 9.64. The van der Waals surface area contributed by atoms with Crippen LogP contribution in [0, 0.1) is 0 Å². The van der Waals surface area contributed by atoms with E-state index in [1.165, 1.54) is 7.11 Å². The van der Waals surface area contributed by atoms with Crippen LogP contribution >= 0.6 is 11.8 Å². The minimum absolute atomic E-state index is 0.134. The van der Waals surface area contributed by atoms with E-state index < -0.39 is 61.6 Å². The van der Waals surface area contributed by atoms with Gasteiger partial charge in [0, 0.05) is 23.8 Å². The van der Waals surface area contributed by atoms with Crippen molar-refractivity contribution in [2.75, 3.05) is 26.1 Å². The highest BCUT2D eigenvalue weighted by Crippen LogP contribution is 2.40. The summed E-state index contributed by atoms with van der Waals surface area (Å²) in [7, 11) is 1.49. The van der Waals surface area contributed by atoms with Crippen LogP contribution < -0.4 is 0 Å². The van der Waals surface area contributed by atoms with Crippen LogP contribution in [-0.2, 0) is 67.2 Å². The average Bonchev–Trinajstić information content (AvgIpc) is 3.79. The summed E-state index contributed by atoms with van der Waals surface area (Å²) in [5.74, 6) is 0.808. The molecule has 4 aliphatic heterocycles. The molecule has 0 bridgehead atoms. The van der Waals surface area contributed by atoms with Gasteiger partial charge in [0.05, 0.1) is 44.9 Å². The molecule has 322 valence electrons. The highest BCUT2D eigenvalue weighted by molar-refractivity contribution is 7.99. The highest BCUT2D eigenvalue weighted by Gasteiger charge is 2.52. The standard InChI is InChI=1S/C46H51N3O11S/c1-3-61-46-42(41(52-24-29-15-7-4-8-16-29)39-36(58-46)28-56-44(60-39)31-19-11-6-12-20-31)54-26-33-23-49(48-47-33)34-22-14-13-21-32(34)25-53-40-37(50)45(51-2)57-35-27-55-43(59-38(35)40)30-17-9-5-10-18-30/h4-23,35-46,50H,3,24-28H2,1-2H3/t35-,36-,37-,38-,39-,40-,41+,42-,43?,44?,45+,46+/m1/s1. The minimum atomic E-state index is -1.12. The molecule has 5 heterocycles. The van der Waals surface area contributed by atoms with Gasteiger partial charge in [0.25, 0.3) is 0 Å². The number of aromatic nitrogens is 3. The number of aliphatic hydroxyl groups is 1. The first-order valence-corrected chi connectivity index (χ1v) is 21.8. The molecule has 1 aromatic heterocycles. The second-order valence-corrected chi connectivity index (χ2v) is 16.6. The molecule has 0 radical (unpaired) electrons. The Morgan fingerprint density at radius 1 is 0.672 bits per heavy atom. The molecular formula is C46H51N3O11S. The normalized spacial score (nSPS) is 31.3. The molecule has 4 aliphatic rings. The molecule has 9 rings (SSSR count). The van der Waals surface area contributed by atoms with E-state index in [1.807, 2.05) is 121 Å². The van der Waals surface area contributed by atoms with Crippen molar-refractivity contribution in [1.82, 2.24) is 15.0 Å². The van der Waals surface area contributed by atoms with Gasteiger partial charge < -0.3 is 52.5 Å². The highest BCUT2D eigenvalue weighted by atomic mass is 32.2. The van der Waals surface area contributed by atoms with Gasteiger partial charge in [0.15, 0.2) is 18.9 Å². The molecule has 12 atom stereocenters. The number of para-hydroxylation sites is 1. The van der Waals surface area contributed by atoms with Crippen molar-refractivity contribution < 1.29 is 52.5 Å². The van der Waals surface area contributed by atoms with Gasteiger partial charge in [0.2, 0.25) is 0 Å². The number of hydrogen-bond acceptors (Lipinski definition) is 14. The van der Waals surface area contributed by atoms with Crippen LogP contribution in [0.25, 0.3) is 5.69 Å². The number of rotatable bonds is 15. The van der Waals surface area contributed by atoms with Gasteiger partial charge in [0.1, 0.15) is 60.0 Å². The van der Waals surface area contributed by atoms with E-state index in [2.05, 4.69) is 17.2 Å². The zero-order chi connectivity index (χ0) is 41.5. The molecule has 0 amide bonds. The molecule has 0 spiro atoms. The Kier molecular flexibility index (Phi) is 13.8. The fourth-order valence-corrected chi connectivity index (χ4v) is 9.16. The summed E-state index contributed by atoms with van der Waals surface area (Å²) in [5, 5.41) is 20.4. The molecule has 1 N–H and O–H groups in total. The van der Waals surface area contributed by atoms with Gasteiger partial charge in [-0.05, 0) is 17.4 Å². The van der Waals surface area contributed by atoms with Gasteiger partial charge in [-0.3, -0.25) is 0 Å². The second-order valence-electron chi connectivity index (χ2n) is 15.2. The predicted molar refractivity (Wildman–Crippen MR) is 222 cm³/mol. The molecular weight excluding hydrogens is 803 g/mol. The SMILES string of the molecule is CCS[C@@H]1O[C@@H]2COC(c3ccccc3)O[C@H]2[C@H](OCc2ccccc2)[C@H]1OCc1cn(-c2ccccc2CO[C@@H]2[C@@H](O)[C@@H](OC)O[C@@H]3COC(c4ccccc4)O[C@@H]23)nn1. The van der Waals surface area contributed by atoms with Crippen molar-refractivity contribution in [2.24, 2.45) is 0 Å². The van der Waals surface area contributed by atoms with E-state index in [4.69, 9.17) is 47.4 Å². The van der Waals surface area contributed by atoms with Crippen molar-refractivity contribution in [1.29, 1.82) is 0 Å². The lowest BCUT2D eigenvalue weighted by molar-refractivity contribution is -0.363. The fourth-order valence-electron chi connectivity index (χ4n) is 8.19. The third-order valence-corrected chi connectivity index (χ3v) is 12.3. The Morgan fingerprint density at radius 2 is 1.26 bits per heavy atom. The number of fused-ring (bicyclic) bond motifs is 2. The molecule has 5 aromatic rings. The van der Waals surface area contributed by atoms with Crippen LogP contribution in [-0.4, -0.2) is 107 Å². The van der Waals surface area contributed by atoms with E-state index >= 15 is 0 Å². The summed E-state index contributed by atoms with van der Waals surface area (Å²) in [4.78, 5) is 0. The average molecular weight is 854 g/mol. The van der Waals surface area contributed by atoms with E-state index in [-0.39, 0.29) is 31.4 Å². The quantitative estimate of drug-likeness (QED) is 0.130. The van der Waals surface area contributed by atoms with Crippen LogP contribution in [0.5, 0.6) is 0 Å². The number of methoxy groups -OCH3 is 1. The van der Waals surface area contributed by atoms with Crippen molar-refractivity contribution in [2.45, 2.75) is 99.9 Å². The first kappa shape index (κ1) is 42.2. The molecule has 15 heteroatoms. The molecule has 0 aliphatic carbocycles. The van der Waals surface area contributed by atoms with Gasteiger partial charge >= 0.3 is 0 Å². The zero-order valence-electron chi connectivity index (χ0n) is 34.0. The van der Waals surface area contributed by atoms with E-state index in [0.29, 0.717) is 18.9 Å². The van der Waals surface area contributed by atoms with Crippen molar-refractivity contribution in [3.63, 3.8) is 0 Å². The Balaban J connectivity index is 0.911. The summed E-state index contributed by atoms with van der Waals surface area (Å²) in [6, 6.07) is 37.4. The summed E-state index contributed by atoms with van der Waals surface area (Å²) in [5.41, 5.74) is 4.68. The minimum Gasteiger partial charge on any atom is -0.385 e. The number of thioether (sulfide) groups is 1. The first-order chi connectivity index (χ1) is 30.1. The van der Waals surface area contributed by atoms with E-state index in [0.717, 1.165) is 33.7 Å². The van der Waals surface area contributed by atoms with Gasteiger partial charge in [-0.25, -0.2) is 4.68 Å². The van der Waals surface area contributed by atoms with Gasteiger partial charge in [-0.15, -0.1) is 16.9 Å². The maximum absolute atomic E-state index is 11.4. The van der Waals surface area contributed by atoms with Crippen LogP contribution in [0.2, 0.25) is 0 Å². The molecule has 4 aromatic carbocycles. The first-order valence-electron chi connectivity index (χ1n) is 20.7. The molecule has 0 saturated carbocycles. The Bertz CT molecular complexity index is 2120. The molecule has 4 fully saturated rings. The second kappa shape index (κ2) is 20.0. The number of benzene rings is 4. The Morgan fingerprint density at radius 3 is 1.93 bits per heavy atom. The lowest BCUT2D eigenvalue weighted by atomic mass is 9.97. The maximum Gasteiger partial charge on any atom is 0.186 e. The lowest BCUT2D eigenvalue weighted by Gasteiger charge is -2.49. The van der Waals surface area contributed by atoms with Crippen LogP contribution in [0.1, 0.15) is 47.5 Å². The number of nitrogens with zero attached hydrogens (tertiary/aromatic N) is 3. The number of aliphatic hydroxyl groups excluding tert-OH is 1. The molecule has 61 heavy (non-hydrogen) atoms. The molecule has 4 saturated heterocycles. The monoisotopic (exact) mass is 853 g/mol. The largest absolute Gasteiger partial charge is 0.385 e. The van der Waals surface area contributed by atoms with Crippen LogP contribution in [0.3, 0.4) is 0 Å². The fraction of sp³-hybridized carbons (Fsp3) is 0.435. The number of hydrogen-bond donors (Lipinski definition) is 1. The Labute approximate surface area is 359 Å². The summed E-state index contributed by atoms with van der Waals surface area (Å²) in [6.45, 7) is 3.36. The van der Waals surface area contributed by atoms with Gasteiger partial charge in [-0.1, -0.05) is 121 Å². The van der Waals surface area contributed by atoms with Crippen LogP contribution in [0.4, 0.5) is 0 Å². The summed E-state index contributed by atoms with van der Waals surface area (Å²) >= 11 is 1.66. The summed E-state index contributed by atoms with van der Waals surface area (Å²) < 4.78 is 65.1. The smallest absolute Gasteiger partial charge is 0.186 e. The predicted octanol–water partition coefficient (Wildman–Crippen LogP) is 6.06. The Hall–Kier alpha value is -4.07. The molecule has 2 unspecified atom stereocenters. The molecule has 14 nitrogen and oxygen atoms in total. The van der Waals surface area contributed by atoms with Crippen LogP contribution in [0.15, 0.2) is 121 Å². The van der Waals surface area contributed by atoms with Crippen molar-refractivity contribution in [3.05, 3.63) is 149 Å². The summed E-state index contributed by atoms with van der Waals surface area (Å²) in [6.07, 6.45) is -5.08. The topological polar surface area (TPSA) is 143 Å². The van der Waals surface area contributed by atoms with Gasteiger partial charge in [-0.2, -0.15) is 0 Å². The maximum atomic E-state index is 11.4. The van der Waals surface area contributed by atoms with E-state index in [9.17, 15) is 5.11 Å². The van der Waals surface area contributed by atoms with E-state index in [1.54, 1.807) is 16.4 Å². The third-order valence-electron chi connectivity index (χ3n) is 11.2. The zero-order valence-corrected chi connectivity index (χ0v) is 34.8.